The third-order valence-corrected chi connectivity index (χ3v) is 4.68. The van der Waals surface area contributed by atoms with Crippen LogP contribution in [0.1, 0.15) is 70.6 Å². The van der Waals surface area contributed by atoms with Gasteiger partial charge in [0.25, 0.3) is 0 Å². The number of carbonyl (C=O) groups is 1. The number of hydrogen-bond acceptors (Lipinski definition) is 3. The minimum atomic E-state index is -0.295. The summed E-state index contributed by atoms with van der Waals surface area (Å²) in [6.07, 6.45) is 2.95. The summed E-state index contributed by atoms with van der Waals surface area (Å²) in [6, 6.07) is 3.78. The molecule has 4 heteroatoms. The highest BCUT2D eigenvalue weighted by Gasteiger charge is 2.31. The van der Waals surface area contributed by atoms with Crippen molar-refractivity contribution in [2.24, 2.45) is 16.7 Å². The number of hydrogen-bond donors (Lipinski definition) is 1. The summed E-state index contributed by atoms with van der Waals surface area (Å²) in [5, 5.41) is 0. The zero-order valence-electron chi connectivity index (χ0n) is 16.1. The van der Waals surface area contributed by atoms with E-state index in [0.29, 0.717) is 18.2 Å². The first-order valence-corrected chi connectivity index (χ1v) is 9.01. The fourth-order valence-corrected chi connectivity index (χ4v) is 3.26. The topological polar surface area (TPSA) is 51.3 Å². The Bertz CT molecular complexity index is 548. The highest BCUT2D eigenvalue weighted by Crippen LogP contribution is 2.35. The quantitative estimate of drug-likeness (QED) is 0.818. The second-order valence-electron chi connectivity index (χ2n) is 9.31. The van der Waals surface area contributed by atoms with Gasteiger partial charge in [0.15, 0.2) is 0 Å². The Kier molecular flexibility index (Phi) is 5.79. The maximum atomic E-state index is 12.2. The van der Waals surface area contributed by atoms with E-state index in [1.54, 1.807) is 0 Å². The van der Waals surface area contributed by atoms with Crippen molar-refractivity contribution in [2.45, 2.75) is 66.9 Å². The molecule has 2 heterocycles. The van der Waals surface area contributed by atoms with Crippen molar-refractivity contribution in [3.8, 4) is 0 Å². The molecule has 0 bridgehead atoms. The number of rotatable bonds is 4. The normalized spacial score (nSPS) is 22.4. The van der Waals surface area contributed by atoms with E-state index >= 15 is 0 Å². The molecular weight excluding hydrogens is 302 g/mol. The first kappa shape index (κ1) is 19.0. The molecule has 1 aromatic heterocycles. The molecule has 1 aliphatic heterocycles. The molecular formula is C20H33NO3. The van der Waals surface area contributed by atoms with Gasteiger partial charge in [0.2, 0.25) is 0 Å². The Morgan fingerprint density at radius 2 is 1.96 bits per heavy atom. The predicted octanol–water partition coefficient (Wildman–Crippen LogP) is 4.60. The molecule has 24 heavy (non-hydrogen) atoms. The number of aromatic nitrogens is 1. The van der Waals surface area contributed by atoms with Crippen LogP contribution >= 0.6 is 0 Å². The molecule has 1 fully saturated rings. The third kappa shape index (κ3) is 5.66. The van der Waals surface area contributed by atoms with Crippen LogP contribution in [0.2, 0.25) is 0 Å². The second-order valence-corrected chi connectivity index (χ2v) is 9.31. The summed E-state index contributed by atoms with van der Waals surface area (Å²) in [7, 11) is 0. The van der Waals surface area contributed by atoms with Crippen LogP contribution < -0.4 is 0 Å². The lowest BCUT2D eigenvalue weighted by Gasteiger charge is -2.37. The molecule has 2 unspecified atom stereocenters. The molecule has 1 N–H and O–H groups in total. The van der Waals surface area contributed by atoms with Crippen LogP contribution in [0, 0.1) is 16.7 Å². The average Bonchev–Trinajstić information content (AvgIpc) is 2.90. The van der Waals surface area contributed by atoms with Crippen LogP contribution in [0.15, 0.2) is 12.1 Å². The van der Waals surface area contributed by atoms with E-state index in [0.717, 1.165) is 31.6 Å². The van der Waals surface area contributed by atoms with E-state index in [-0.39, 0.29) is 22.9 Å². The van der Waals surface area contributed by atoms with Gasteiger partial charge in [-0.2, -0.15) is 0 Å². The van der Waals surface area contributed by atoms with Gasteiger partial charge < -0.3 is 14.5 Å². The maximum Gasteiger partial charge on any atom is 0.354 e. The Labute approximate surface area is 146 Å². The maximum absolute atomic E-state index is 12.2. The Morgan fingerprint density at radius 3 is 2.58 bits per heavy atom. The predicted molar refractivity (Wildman–Crippen MR) is 96.2 cm³/mol. The highest BCUT2D eigenvalue weighted by atomic mass is 16.6. The van der Waals surface area contributed by atoms with E-state index in [9.17, 15) is 4.79 Å². The Balaban J connectivity index is 1.85. The van der Waals surface area contributed by atoms with Gasteiger partial charge in [-0.3, -0.25) is 0 Å². The van der Waals surface area contributed by atoms with Gasteiger partial charge in [-0.15, -0.1) is 0 Å². The molecule has 0 amide bonds. The van der Waals surface area contributed by atoms with Crippen LogP contribution in [0.4, 0.5) is 0 Å². The minimum Gasteiger partial charge on any atom is -0.458 e. The summed E-state index contributed by atoms with van der Waals surface area (Å²) in [5.41, 5.74) is 2.05. The van der Waals surface area contributed by atoms with Crippen LogP contribution in [0.5, 0.6) is 0 Å². The van der Waals surface area contributed by atoms with Crippen molar-refractivity contribution in [1.29, 1.82) is 0 Å². The first-order chi connectivity index (χ1) is 11.0. The van der Waals surface area contributed by atoms with Crippen LogP contribution in [-0.2, 0) is 15.9 Å². The number of esters is 1. The van der Waals surface area contributed by atoms with E-state index in [4.69, 9.17) is 9.47 Å². The van der Waals surface area contributed by atoms with Gasteiger partial charge in [-0.25, -0.2) is 4.79 Å². The largest absolute Gasteiger partial charge is 0.458 e. The van der Waals surface area contributed by atoms with Crippen molar-refractivity contribution >= 4 is 5.97 Å². The lowest BCUT2D eigenvalue weighted by Crippen LogP contribution is -2.35. The Hall–Kier alpha value is -1.29. The van der Waals surface area contributed by atoms with Crippen LogP contribution in [0.25, 0.3) is 0 Å². The average molecular weight is 335 g/mol. The second kappa shape index (κ2) is 7.30. The van der Waals surface area contributed by atoms with Crippen molar-refractivity contribution < 1.29 is 14.3 Å². The first-order valence-electron chi connectivity index (χ1n) is 9.01. The molecule has 0 spiro atoms. The number of carbonyl (C=O) groups excluding carboxylic acids is 1. The SMILES string of the molecule is CC(C)(C)Cc1ccc(C(=O)OCC2CC(C(C)(C)C)CCO2)[nH]1. The molecule has 136 valence electrons. The molecule has 0 saturated carbocycles. The molecule has 0 aliphatic carbocycles. The molecule has 0 radical (unpaired) electrons. The van der Waals surface area contributed by atoms with E-state index in [2.05, 4.69) is 46.5 Å². The van der Waals surface area contributed by atoms with Gasteiger partial charge in [0, 0.05) is 12.3 Å². The highest BCUT2D eigenvalue weighted by molar-refractivity contribution is 5.87. The summed E-state index contributed by atoms with van der Waals surface area (Å²) in [5.74, 6) is 0.315. The van der Waals surface area contributed by atoms with Gasteiger partial charge >= 0.3 is 5.97 Å². The number of ether oxygens (including phenoxy) is 2. The molecule has 0 aromatic carbocycles. The monoisotopic (exact) mass is 335 g/mol. The number of nitrogens with one attached hydrogen (secondary N) is 1. The lowest BCUT2D eigenvalue weighted by molar-refractivity contribution is -0.0638. The molecule has 2 rings (SSSR count). The van der Waals surface area contributed by atoms with E-state index in [1.165, 1.54) is 0 Å². The van der Waals surface area contributed by atoms with Crippen molar-refractivity contribution in [2.75, 3.05) is 13.2 Å². The zero-order chi connectivity index (χ0) is 18.0. The molecule has 1 saturated heterocycles. The fourth-order valence-electron chi connectivity index (χ4n) is 3.26. The van der Waals surface area contributed by atoms with Crippen molar-refractivity contribution in [3.63, 3.8) is 0 Å². The van der Waals surface area contributed by atoms with Gasteiger partial charge in [-0.05, 0) is 48.1 Å². The van der Waals surface area contributed by atoms with Gasteiger partial charge in [-0.1, -0.05) is 41.5 Å². The summed E-state index contributed by atoms with van der Waals surface area (Å²) >= 11 is 0. The third-order valence-electron chi connectivity index (χ3n) is 4.68. The standard InChI is InChI=1S/C20H33NO3/c1-19(2,3)12-15-7-8-17(21-15)18(22)24-13-16-11-14(9-10-23-16)20(4,5)6/h7-8,14,16,21H,9-13H2,1-6H3. The van der Waals surface area contributed by atoms with Gasteiger partial charge in [0.1, 0.15) is 12.3 Å². The molecule has 4 nitrogen and oxygen atoms in total. The van der Waals surface area contributed by atoms with E-state index < -0.39 is 0 Å². The van der Waals surface area contributed by atoms with Crippen LogP contribution in [0.3, 0.4) is 0 Å². The molecule has 1 aliphatic rings. The summed E-state index contributed by atoms with van der Waals surface area (Å²) in [6.45, 7) is 14.4. The molecule has 1 aromatic rings. The molecule has 2 atom stereocenters. The zero-order valence-corrected chi connectivity index (χ0v) is 16.1. The fraction of sp³-hybridized carbons (Fsp3) is 0.750. The van der Waals surface area contributed by atoms with Gasteiger partial charge in [0.05, 0.1) is 6.10 Å². The smallest absolute Gasteiger partial charge is 0.354 e. The lowest BCUT2D eigenvalue weighted by atomic mass is 9.75. The van der Waals surface area contributed by atoms with Crippen molar-refractivity contribution in [1.82, 2.24) is 4.98 Å². The Morgan fingerprint density at radius 1 is 1.25 bits per heavy atom. The van der Waals surface area contributed by atoms with Crippen molar-refractivity contribution in [3.05, 3.63) is 23.5 Å². The summed E-state index contributed by atoms with van der Waals surface area (Å²) < 4.78 is 11.3. The number of aromatic amines is 1. The van der Waals surface area contributed by atoms with E-state index in [1.807, 2.05) is 12.1 Å². The minimum absolute atomic E-state index is 0.0101. The number of H-pyrrole nitrogens is 1. The summed E-state index contributed by atoms with van der Waals surface area (Å²) in [4.78, 5) is 15.4. The van der Waals surface area contributed by atoms with Crippen LogP contribution in [-0.4, -0.2) is 30.3 Å².